The van der Waals surface area contributed by atoms with Crippen molar-refractivity contribution in [2.75, 3.05) is 26.7 Å². The van der Waals surface area contributed by atoms with Crippen molar-refractivity contribution in [3.63, 3.8) is 0 Å². The molecule has 2 aliphatic rings. The number of hydrogen-bond acceptors (Lipinski definition) is 3. The molecule has 0 aromatic heterocycles. The summed E-state index contributed by atoms with van der Waals surface area (Å²) in [5.41, 5.74) is 1.04. The zero-order valence-electron chi connectivity index (χ0n) is 12.3. The van der Waals surface area contributed by atoms with Crippen molar-refractivity contribution in [1.82, 2.24) is 10.2 Å². The van der Waals surface area contributed by atoms with Crippen molar-refractivity contribution in [2.24, 2.45) is 5.92 Å². The summed E-state index contributed by atoms with van der Waals surface area (Å²) in [4.78, 5) is 14.8. The van der Waals surface area contributed by atoms with E-state index in [1.165, 1.54) is 0 Å². The molecular weight excluding hydrogens is 288 g/mol. The van der Waals surface area contributed by atoms with E-state index in [4.69, 9.17) is 16.3 Å². The molecule has 1 saturated heterocycles. The number of hydrogen-bond donors (Lipinski definition) is 1. The zero-order chi connectivity index (χ0) is 14.8. The summed E-state index contributed by atoms with van der Waals surface area (Å²) in [5, 5.41) is 3.87. The van der Waals surface area contributed by atoms with Crippen molar-refractivity contribution in [1.29, 1.82) is 0 Å². The average Bonchev–Trinajstić information content (AvgIpc) is 2.94. The van der Waals surface area contributed by atoms with Crippen LogP contribution in [-0.4, -0.2) is 43.6 Å². The first-order valence-corrected chi connectivity index (χ1v) is 7.93. The van der Waals surface area contributed by atoms with Gasteiger partial charge in [0, 0.05) is 24.2 Å². The number of fused-ring (bicyclic) bond motifs is 1. The minimum absolute atomic E-state index is 0.0894. The normalized spacial score (nSPS) is 24.6. The maximum Gasteiger partial charge on any atom is 0.229 e. The smallest absolute Gasteiger partial charge is 0.229 e. The van der Waals surface area contributed by atoms with Gasteiger partial charge in [-0.15, -0.1) is 0 Å². The molecular formula is C16H21ClN2O2. The largest absolute Gasteiger partial charge is 0.492 e. The Kier molecular flexibility index (Phi) is 4.36. The van der Waals surface area contributed by atoms with E-state index in [0.29, 0.717) is 17.7 Å². The van der Waals surface area contributed by atoms with E-state index in [1.54, 1.807) is 0 Å². The van der Waals surface area contributed by atoms with Crippen molar-refractivity contribution >= 4 is 17.5 Å². The molecule has 1 N–H and O–H groups in total. The van der Waals surface area contributed by atoms with Crippen LogP contribution in [0.4, 0.5) is 0 Å². The lowest BCUT2D eigenvalue weighted by Crippen LogP contribution is -2.46. The second-order valence-electron chi connectivity index (χ2n) is 5.85. The van der Waals surface area contributed by atoms with Crippen LogP contribution in [-0.2, 0) is 11.2 Å². The van der Waals surface area contributed by atoms with E-state index < -0.39 is 0 Å². The van der Waals surface area contributed by atoms with Crippen molar-refractivity contribution in [3.05, 3.63) is 28.8 Å². The van der Waals surface area contributed by atoms with E-state index in [-0.39, 0.29) is 11.8 Å². The Morgan fingerprint density at radius 1 is 1.52 bits per heavy atom. The molecule has 1 aromatic carbocycles. The first-order valence-electron chi connectivity index (χ1n) is 7.55. The van der Waals surface area contributed by atoms with Crippen LogP contribution < -0.4 is 10.1 Å². The number of nitrogens with one attached hydrogen (secondary N) is 1. The van der Waals surface area contributed by atoms with Crippen LogP contribution in [0.3, 0.4) is 0 Å². The summed E-state index contributed by atoms with van der Waals surface area (Å²) in [6, 6.07) is 5.94. The predicted octanol–water partition coefficient (Wildman–Crippen LogP) is 2.10. The quantitative estimate of drug-likeness (QED) is 0.930. The van der Waals surface area contributed by atoms with Gasteiger partial charge in [-0.25, -0.2) is 0 Å². The van der Waals surface area contributed by atoms with E-state index >= 15 is 0 Å². The third kappa shape index (κ3) is 3.01. The summed E-state index contributed by atoms with van der Waals surface area (Å²) < 4.78 is 5.75. The number of rotatable bonds is 3. The Hall–Kier alpha value is -1.26. The highest BCUT2D eigenvalue weighted by Gasteiger charge is 2.35. The number of carbonyl (C=O) groups is 1. The molecule has 21 heavy (non-hydrogen) atoms. The van der Waals surface area contributed by atoms with E-state index in [0.717, 1.165) is 43.7 Å². The van der Waals surface area contributed by atoms with Gasteiger partial charge in [-0.05, 0) is 50.1 Å². The summed E-state index contributed by atoms with van der Waals surface area (Å²) in [6.45, 7) is 2.20. The van der Waals surface area contributed by atoms with Gasteiger partial charge in [0.2, 0.25) is 5.91 Å². The summed E-state index contributed by atoms with van der Waals surface area (Å²) >= 11 is 6.04. The Bertz CT molecular complexity index is 535. The highest BCUT2D eigenvalue weighted by atomic mass is 35.5. The van der Waals surface area contributed by atoms with E-state index in [9.17, 15) is 4.79 Å². The Labute approximate surface area is 130 Å². The molecule has 2 heterocycles. The highest BCUT2D eigenvalue weighted by Crippen LogP contribution is 2.31. The van der Waals surface area contributed by atoms with Crippen LogP contribution in [0.2, 0.25) is 5.02 Å². The van der Waals surface area contributed by atoms with Crippen LogP contribution >= 0.6 is 11.6 Å². The summed E-state index contributed by atoms with van der Waals surface area (Å²) in [6.07, 6.45) is 2.90. The Balaban J connectivity index is 1.72. The SMILES string of the molecule is CNCC1CCCN1C(=O)C1COc2ccc(Cl)cc2C1. The average molecular weight is 309 g/mol. The first kappa shape index (κ1) is 14.7. The lowest BCUT2D eigenvalue weighted by molar-refractivity contribution is -0.137. The maximum atomic E-state index is 12.8. The zero-order valence-corrected chi connectivity index (χ0v) is 13.0. The van der Waals surface area contributed by atoms with Gasteiger partial charge in [-0.3, -0.25) is 4.79 Å². The van der Waals surface area contributed by atoms with Crippen LogP contribution in [0.1, 0.15) is 18.4 Å². The first-order chi connectivity index (χ1) is 10.2. The van der Waals surface area contributed by atoms with Crippen LogP contribution in [0, 0.1) is 5.92 Å². The monoisotopic (exact) mass is 308 g/mol. The minimum Gasteiger partial charge on any atom is -0.492 e. The maximum absolute atomic E-state index is 12.8. The molecule has 4 nitrogen and oxygen atoms in total. The van der Waals surface area contributed by atoms with Gasteiger partial charge in [-0.2, -0.15) is 0 Å². The van der Waals surface area contributed by atoms with Crippen LogP contribution in [0.5, 0.6) is 5.75 Å². The molecule has 0 aliphatic carbocycles. The lowest BCUT2D eigenvalue weighted by atomic mass is 9.95. The van der Waals surface area contributed by atoms with Crippen molar-refractivity contribution in [2.45, 2.75) is 25.3 Å². The van der Waals surface area contributed by atoms with Gasteiger partial charge in [0.05, 0.1) is 5.92 Å². The molecule has 2 aliphatic heterocycles. The van der Waals surface area contributed by atoms with Gasteiger partial charge in [0.25, 0.3) is 0 Å². The molecule has 1 amide bonds. The standard InChI is InChI=1S/C16H21ClN2O2/c1-18-9-14-3-2-6-19(14)16(20)12-7-11-8-13(17)4-5-15(11)21-10-12/h4-5,8,12,14,18H,2-3,6-7,9-10H2,1H3. The third-order valence-electron chi connectivity index (χ3n) is 4.38. The molecule has 2 atom stereocenters. The molecule has 2 unspecified atom stereocenters. The molecule has 0 bridgehead atoms. The number of benzene rings is 1. The number of likely N-dealkylation sites (tertiary alicyclic amines) is 1. The summed E-state index contributed by atoms with van der Waals surface area (Å²) in [7, 11) is 1.93. The molecule has 1 fully saturated rings. The molecule has 0 radical (unpaired) electrons. The minimum atomic E-state index is -0.0894. The topological polar surface area (TPSA) is 41.6 Å². The second kappa shape index (κ2) is 6.24. The van der Waals surface area contributed by atoms with Gasteiger partial charge in [0.15, 0.2) is 0 Å². The second-order valence-corrected chi connectivity index (χ2v) is 6.29. The Morgan fingerprint density at radius 2 is 2.38 bits per heavy atom. The number of carbonyl (C=O) groups excluding carboxylic acids is 1. The van der Waals surface area contributed by atoms with Gasteiger partial charge >= 0.3 is 0 Å². The molecule has 1 aromatic rings. The molecule has 5 heteroatoms. The third-order valence-corrected chi connectivity index (χ3v) is 4.61. The fourth-order valence-corrected chi connectivity index (χ4v) is 3.52. The molecule has 0 spiro atoms. The fraction of sp³-hybridized carbons (Fsp3) is 0.562. The number of likely N-dealkylation sites (N-methyl/N-ethyl adjacent to an activating group) is 1. The van der Waals surface area contributed by atoms with Gasteiger partial charge < -0.3 is 15.0 Å². The number of halogens is 1. The number of amides is 1. The van der Waals surface area contributed by atoms with Gasteiger partial charge in [-0.1, -0.05) is 11.6 Å². The van der Waals surface area contributed by atoms with E-state index in [2.05, 4.69) is 5.32 Å². The fourth-order valence-electron chi connectivity index (χ4n) is 3.33. The number of nitrogens with zero attached hydrogens (tertiary/aromatic N) is 1. The lowest BCUT2D eigenvalue weighted by Gasteiger charge is -2.31. The molecule has 114 valence electrons. The number of ether oxygens (including phenoxy) is 1. The molecule has 0 saturated carbocycles. The van der Waals surface area contributed by atoms with Crippen LogP contribution in [0.15, 0.2) is 18.2 Å². The Morgan fingerprint density at radius 3 is 3.19 bits per heavy atom. The van der Waals surface area contributed by atoms with Crippen LogP contribution in [0.25, 0.3) is 0 Å². The van der Waals surface area contributed by atoms with E-state index in [1.807, 2.05) is 30.1 Å². The highest BCUT2D eigenvalue weighted by molar-refractivity contribution is 6.30. The van der Waals surface area contributed by atoms with Crippen molar-refractivity contribution < 1.29 is 9.53 Å². The van der Waals surface area contributed by atoms with Gasteiger partial charge in [0.1, 0.15) is 12.4 Å². The van der Waals surface area contributed by atoms with Crippen molar-refractivity contribution in [3.8, 4) is 5.75 Å². The predicted molar refractivity (Wildman–Crippen MR) is 82.8 cm³/mol. The summed E-state index contributed by atoms with van der Waals surface area (Å²) in [5.74, 6) is 0.989. The molecule has 3 rings (SSSR count).